The van der Waals surface area contributed by atoms with Gasteiger partial charge in [0.05, 0.1) is 24.6 Å². The van der Waals surface area contributed by atoms with Crippen molar-refractivity contribution in [3.8, 4) is 17.2 Å². The van der Waals surface area contributed by atoms with E-state index < -0.39 is 0 Å². The smallest absolute Gasteiger partial charge is 0.262 e. The zero-order chi connectivity index (χ0) is 25.4. The van der Waals surface area contributed by atoms with Gasteiger partial charge in [0.1, 0.15) is 17.2 Å². The number of ether oxygens (including phenoxy) is 3. The van der Waals surface area contributed by atoms with Gasteiger partial charge in [0.2, 0.25) is 0 Å². The molecular formula is C28H32N2O5. The molecule has 0 aliphatic heterocycles. The van der Waals surface area contributed by atoms with E-state index in [1.54, 1.807) is 36.4 Å². The number of hydrogen-bond donors (Lipinski definition) is 2. The van der Waals surface area contributed by atoms with E-state index in [4.69, 9.17) is 14.2 Å². The van der Waals surface area contributed by atoms with E-state index in [1.807, 2.05) is 52.8 Å². The number of anilines is 2. The second-order valence-electron chi connectivity index (χ2n) is 8.02. The van der Waals surface area contributed by atoms with Crippen molar-refractivity contribution in [3.63, 3.8) is 0 Å². The van der Waals surface area contributed by atoms with Crippen LogP contribution < -0.4 is 24.8 Å². The summed E-state index contributed by atoms with van der Waals surface area (Å²) in [6.45, 7) is 10.2. The van der Waals surface area contributed by atoms with E-state index in [-0.39, 0.29) is 18.4 Å². The van der Waals surface area contributed by atoms with Crippen LogP contribution in [0, 0.1) is 20.8 Å². The van der Waals surface area contributed by atoms with Crippen LogP contribution in [-0.2, 0) is 4.79 Å². The fraction of sp³-hybridized carbons (Fsp3) is 0.286. The zero-order valence-corrected chi connectivity index (χ0v) is 20.9. The first-order valence-electron chi connectivity index (χ1n) is 11.6. The fourth-order valence-corrected chi connectivity index (χ4v) is 3.56. The van der Waals surface area contributed by atoms with Crippen molar-refractivity contribution in [1.82, 2.24) is 0 Å². The lowest BCUT2D eigenvalue weighted by atomic mass is 10.1. The van der Waals surface area contributed by atoms with Crippen LogP contribution in [0.4, 0.5) is 11.4 Å². The maximum absolute atomic E-state index is 12.8. The number of aryl methyl sites for hydroxylation is 2. The molecular weight excluding hydrogens is 444 g/mol. The van der Waals surface area contributed by atoms with Crippen LogP contribution in [0.15, 0.2) is 54.6 Å². The minimum Gasteiger partial charge on any atom is -0.492 e. The van der Waals surface area contributed by atoms with Gasteiger partial charge in [-0.2, -0.15) is 0 Å². The fourth-order valence-electron chi connectivity index (χ4n) is 3.56. The lowest BCUT2D eigenvalue weighted by Gasteiger charge is -2.18. The van der Waals surface area contributed by atoms with Gasteiger partial charge < -0.3 is 24.8 Å². The van der Waals surface area contributed by atoms with Gasteiger partial charge in [-0.15, -0.1) is 0 Å². The first kappa shape index (κ1) is 25.6. The summed E-state index contributed by atoms with van der Waals surface area (Å²) in [4.78, 5) is 25.5. The summed E-state index contributed by atoms with van der Waals surface area (Å²) >= 11 is 0. The standard InChI is InChI=1S/C28H32N2O5/c1-6-33-24-16-23(30-28(32)21-11-9-8-10-12-21)25(34-7-2)15-22(24)29-26(31)17-35-27-19(4)14-13-18(3)20(27)5/h8-16H,6-7,17H2,1-5H3,(H,29,31)(H,30,32). The van der Waals surface area contributed by atoms with Gasteiger partial charge in [-0.05, 0) is 63.4 Å². The molecule has 0 bridgehead atoms. The molecule has 7 nitrogen and oxygen atoms in total. The molecule has 0 spiro atoms. The Labute approximate surface area is 206 Å². The molecule has 0 heterocycles. The van der Waals surface area contributed by atoms with E-state index >= 15 is 0 Å². The maximum Gasteiger partial charge on any atom is 0.262 e. The number of nitrogens with one attached hydrogen (secondary N) is 2. The van der Waals surface area contributed by atoms with Crippen molar-refractivity contribution >= 4 is 23.2 Å². The van der Waals surface area contributed by atoms with Gasteiger partial charge in [-0.3, -0.25) is 9.59 Å². The molecule has 35 heavy (non-hydrogen) atoms. The molecule has 0 aliphatic carbocycles. The van der Waals surface area contributed by atoms with Crippen LogP contribution in [0.1, 0.15) is 40.9 Å². The molecule has 2 N–H and O–H groups in total. The molecule has 0 saturated carbocycles. The number of hydrogen-bond acceptors (Lipinski definition) is 5. The van der Waals surface area contributed by atoms with Crippen LogP contribution in [0.5, 0.6) is 17.2 Å². The monoisotopic (exact) mass is 476 g/mol. The highest BCUT2D eigenvalue weighted by atomic mass is 16.5. The molecule has 0 aromatic heterocycles. The van der Waals surface area contributed by atoms with Crippen LogP contribution in [0.25, 0.3) is 0 Å². The van der Waals surface area contributed by atoms with E-state index in [9.17, 15) is 9.59 Å². The Balaban J connectivity index is 1.81. The molecule has 0 atom stereocenters. The lowest BCUT2D eigenvalue weighted by Crippen LogP contribution is -2.21. The lowest BCUT2D eigenvalue weighted by molar-refractivity contribution is -0.118. The second kappa shape index (κ2) is 11.9. The van der Waals surface area contributed by atoms with Crippen molar-refractivity contribution < 1.29 is 23.8 Å². The molecule has 2 amide bonds. The average molecular weight is 477 g/mol. The van der Waals surface area contributed by atoms with Gasteiger partial charge in [0.15, 0.2) is 6.61 Å². The normalized spacial score (nSPS) is 10.4. The molecule has 0 saturated heterocycles. The molecule has 7 heteroatoms. The number of carbonyl (C=O) groups excluding carboxylic acids is 2. The van der Waals surface area contributed by atoms with E-state index in [0.717, 1.165) is 16.7 Å². The van der Waals surface area contributed by atoms with Crippen LogP contribution in [-0.4, -0.2) is 31.6 Å². The molecule has 0 aliphatic rings. The molecule has 184 valence electrons. The molecule has 3 aromatic rings. The summed E-state index contributed by atoms with van der Waals surface area (Å²) in [7, 11) is 0. The van der Waals surface area contributed by atoms with Crippen LogP contribution in [0.2, 0.25) is 0 Å². The Morgan fingerprint density at radius 3 is 1.91 bits per heavy atom. The number of rotatable bonds is 10. The minimum atomic E-state index is -0.338. The Kier molecular flexibility index (Phi) is 8.73. The molecule has 0 unspecified atom stereocenters. The number of benzene rings is 3. The molecule has 3 aromatic carbocycles. The van der Waals surface area contributed by atoms with Crippen molar-refractivity contribution in [3.05, 3.63) is 76.9 Å². The Morgan fingerprint density at radius 2 is 1.31 bits per heavy atom. The van der Waals surface area contributed by atoms with E-state index in [1.165, 1.54) is 0 Å². The third-order valence-electron chi connectivity index (χ3n) is 5.46. The first-order valence-corrected chi connectivity index (χ1v) is 11.6. The Morgan fingerprint density at radius 1 is 0.743 bits per heavy atom. The van der Waals surface area contributed by atoms with Gasteiger partial charge in [0.25, 0.3) is 11.8 Å². The van der Waals surface area contributed by atoms with Crippen molar-refractivity contribution in [2.75, 3.05) is 30.5 Å². The number of carbonyl (C=O) groups is 2. The van der Waals surface area contributed by atoms with Gasteiger partial charge in [0, 0.05) is 17.7 Å². The summed E-state index contributed by atoms with van der Waals surface area (Å²) in [5.41, 5.74) is 4.46. The zero-order valence-electron chi connectivity index (χ0n) is 20.9. The summed E-state index contributed by atoms with van der Waals surface area (Å²) < 4.78 is 17.3. The Hall–Kier alpha value is -4.00. The van der Waals surface area contributed by atoms with Crippen LogP contribution in [0.3, 0.4) is 0 Å². The third-order valence-corrected chi connectivity index (χ3v) is 5.46. The van der Waals surface area contributed by atoms with Gasteiger partial charge in [-0.1, -0.05) is 30.3 Å². The summed E-state index contributed by atoms with van der Waals surface area (Å²) in [6.07, 6.45) is 0. The summed E-state index contributed by atoms with van der Waals surface area (Å²) in [5, 5.41) is 5.72. The first-order chi connectivity index (χ1) is 16.8. The quantitative estimate of drug-likeness (QED) is 0.393. The highest BCUT2D eigenvalue weighted by molar-refractivity contribution is 6.05. The van der Waals surface area contributed by atoms with Crippen molar-refractivity contribution in [2.24, 2.45) is 0 Å². The predicted molar refractivity (Wildman–Crippen MR) is 138 cm³/mol. The van der Waals surface area contributed by atoms with Crippen LogP contribution >= 0.6 is 0 Å². The second-order valence-corrected chi connectivity index (χ2v) is 8.02. The Bertz CT molecular complexity index is 1190. The summed E-state index contributed by atoms with van der Waals surface area (Å²) in [6, 6.07) is 16.2. The number of amides is 2. The molecule has 0 radical (unpaired) electrons. The minimum absolute atomic E-state index is 0.160. The van der Waals surface area contributed by atoms with Crippen molar-refractivity contribution in [2.45, 2.75) is 34.6 Å². The van der Waals surface area contributed by atoms with E-state index in [2.05, 4.69) is 10.6 Å². The molecule has 0 fully saturated rings. The highest BCUT2D eigenvalue weighted by Gasteiger charge is 2.18. The van der Waals surface area contributed by atoms with E-state index in [0.29, 0.717) is 47.4 Å². The topological polar surface area (TPSA) is 85.9 Å². The SMILES string of the molecule is CCOc1cc(NC(=O)c2ccccc2)c(OCC)cc1NC(=O)COc1c(C)ccc(C)c1C. The van der Waals surface area contributed by atoms with Crippen molar-refractivity contribution in [1.29, 1.82) is 0 Å². The predicted octanol–water partition coefficient (Wildman–Crippen LogP) is 5.68. The maximum atomic E-state index is 12.8. The van der Waals surface area contributed by atoms with Gasteiger partial charge in [-0.25, -0.2) is 0 Å². The largest absolute Gasteiger partial charge is 0.492 e. The third kappa shape index (κ3) is 6.53. The van der Waals surface area contributed by atoms with Gasteiger partial charge >= 0.3 is 0 Å². The highest BCUT2D eigenvalue weighted by Crippen LogP contribution is 2.37. The summed E-state index contributed by atoms with van der Waals surface area (Å²) in [5.74, 6) is 0.925. The molecule has 3 rings (SSSR count). The average Bonchev–Trinajstić information content (AvgIpc) is 2.84.